The summed E-state index contributed by atoms with van der Waals surface area (Å²) in [6.07, 6.45) is 3.06. The van der Waals surface area contributed by atoms with Crippen LogP contribution >= 0.6 is 23.4 Å². The van der Waals surface area contributed by atoms with Gasteiger partial charge in [0.2, 0.25) is 0 Å². The molecule has 0 bridgehead atoms. The van der Waals surface area contributed by atoms with Gasteiger partial charge in [-0.15, -0.1) is 0 Å². The lowest BCUT2D eigenvalue weighted by Gasteiger charge is -2.13. The summed E-state index contributed by atoms with van der Waals surface area (Å²) in [6.45, 7) is 2.95. The minimum atomic E-state index is 0.394. The molecule has 0 amide bonds. The van der Waals surface area contributed by atoms with Crippen LogP contribution < -0.4 is 5.32 Å². The van der Waals surface area contributed by atoms with Crippen LogP contribution in [0.4, 0.5) is 0 Å². The van der Waals surface area contributed by atoms with E-state index >= 15 is 0 Å². The molecular weight excluding hydrogens is 290 g/mol. The highest BCUT2D eigenvalue weighted by Gasteiger charge is 2.06. The second kappa shape index (κ2) is 7.77. The van der Waals surface area contributed by atoms with Crippen LogP contribution in [0, 0.1) is 0 Å². The molecule has 2 aromatic rings. The topological polar surface area (TPSA) is 25.2 Å². The van der Waals surface area contributed by atoms with Gasteiger partial charge in [-0.3, -0.25) is 0 Å². The van der Waals surface area contributed by atoms with Crippen LogP contribution in [0.3, 0.4) is 0 Å². The lowest BCUT2D eigenvalue weighted by molar-refractivity contribution is 0.437. The van der Waals surface area contributed by atoms with Gasteiger partial charge in [0.1, 0.15) is 11.5 Å². The van der Waals surface area contributed by atoms with E-state index in [1.165, 1.54) is 5.56 Å². The van der Waals surface area contributed by atoms with Crippen LogP contribution in [0.25, 0.3) is 0 Å². The molecule has 0 saturated heterocycles. The number of benzene rings is 1. The summed E-state index contributed by atoms with van der Waals surface area (Å²) in [5.41, 5.74) is 1.29. The Morgan fingerprint density at radius 2 is 1.85 bits per heavy atom. The Kier molecular flexibility index (Phi) is 6.02. The van der Waals surface area contributed by atoms with Gasteiger partial charge in [-0.25, -0.2) is 0 Å². The molecule has 0 radical (unpaired) electrons. The predicted molar refractivity (Wildman–Crippen MR) is 87.4 cm³/mol. The van der Waals surface area contributed by atoms with Crippen molar-refractivity contribution >= 4 is 23.4 Å². The number of nitrogens with one attached hydrogen (secondary N) is 1. The Hall–Kier alpha value is -0.900. The molecule has 1 heterocycles. The van der Waals surface area contributed by atoms with Crippen LogP contribution in [0.15, 0.2) is 40.8 Å². The third-order valence-electron chi connectivity index (χ3n) is 3.08. The van der Waals surface area contributed by atoms with E-state index in [9.17, 15) is 0 Å². The molecule has 0 fully saturated rings. The fourth-order valence-corrected chi connectivity index (χ4v) is 2.62. The maximum atomic E-state index is 5.89. The first kappa shape index (κ1) is 15.5. The Morgan fingerprint density at radius 3 is 2.55 bits per heavy atom. The standard InChI is InChI=1S/C16H20ClNOS/c1-12(9-13-3-5-14(17)6-4-13)18-10-15-7-8-16(19-15)11-20-2/h3-8,12,18H,9-11H2,1-2H3. The van der Waals surface area contributed by atoms with Crippen LogP contribution in [-0.4, -0.2) is 12.3 Å². The normalized spacial score (nSPS) is 12.6. The van der Waals surface area contributed by atoms with Crippen molar-refractivity contribution in [2.75, 3.05) is 6.26 Å². The van der Waals surface area contributed by atoms with Gasteiger partial charge < -0.3 is 9.73 Å². The molecule has 4 heteroatoms. The Balaban J connectivity index is 1.79. The zero-order chi connectivity index (χ0) is 14.4. The molecule has 0 aliphatic rings. The van der Waals surface area contributed by atoms with Crippen molar-refractivity contribution in [3.05, 3.63) is 58.5 Å². The number of thioether (sulfide) groups is 1. The summed E-state index contributed by atoms with van der Waals surface area (Å²) in [7, 11) is 0. The van der Waals surface area contributed by atoms with Gasteiger partial charge in [0.25, 0.3) is 0 Å². The molecule has 1 aromatic carbocycles. The van der Waals surface area contributed by atoms with Crippen molar-refractivity contribution in [2.24, 2.45) is 0 Å². The molecule has 2 rings (SSSR count). The largest absolute Gasteiger partial charge is 0.464 e. The van der Waals surface area contributed by atoms with Crippen molar-refractivity contribution in [1.29, 1.82) is 0 Å². The first-order valence-electron chi connectivity index (χ1n) is 6.71. The van der Waals surface area contributed by atoms with Crippen molar-refractivity contribution in [3.63, 3.8) is 0 Å². The van der Waals surface area contributed by atoms with Crippen molar-refractivity contribution in [2.45, 2.75) is 31.7 Å². The summed E-state index contributed by atoms with van der Waals surface area (Å²) >= 11 is 7.66. The molecule has 1 N–H and O–H groups in total. The summed E-state index contributed by atoms with van der Waals surface area (Å²) in [5.74, 6) is 2.97. The maximum Gasteiger partial charge on any atom is 0.118 e. The number of furan rings is 1. The van der Waals surface area contributed by atoms with Crippen LogP contribution in [0.2, 0.25) is 5.02 Å². The number of rotatable bonds is 7. The van der Waals surface area contributed by atoms with E-state index in [1.54, 1.807) is 11.8 Å². The fraction of sp³-hybridized carbons (Fsp3) is 0.375. The molecule has 1 aromatic heterocycles. The molecule has 1 unspecified atom stereocenters. The minimum absolute atomic E-state index is 0.394. The van der Waals surface area contributed by atoms with Gasteiger partial charge in [0.15, 0.2) is 0 Å². The maximum absolute atomic E-state index is 5.89. The van der Waals surface area contributed by atoms with E-state index in [0.717, 1.165) is 35.3 Å². The van der Waals surface area contributed by atoms with Crippen LogP contribution in [0.1, 0.15) is 24.0 Å². The average molecular weight is 310 g/mol. The molecule has 2 nitrogen and oxygen atoms in total. The number of hydrogen-bond acceptors (Lipinski definition) is 3. The van der Waals surface area contributed by atoms with Gasteiger partial charge >= 0.3 is 0 Å². The second-order valence-electron chi connectivity index (χ2n) is 4.91. The zero-order valence-electron chi connectivity index (χ0n) is 11.9. The minimum Gasteiger partial charge on any atom is -0.464 e. The monoisotopic (exact) mass is 309 g/mol. The number of hydrogen-bond donors (Lipinski definition) is 1. The lowest BCUT2D eigenvalue weighted by Crippen LogP contribution is -2.27. The highest BCUT2D eigenvalue weighted by molar-refractivity contribution is 7.97. The van der Waals surface area contributed by atoms with Gasteiger partial charge in [-0.2, -0.15) is 11.8 Å². The van der Waals surface area contributed by atoms with E-state index in [4.69, 9.17) is 16.0 Å². The fourth-order valence-electron chi connectivity index (χ4n) is 2.06. The van der Waals surface area contributed by atoms with E-state index in [1.807, 2.05) is 18.2 Å². The summed E-state index contributed by atoms with van der Waals surface area (Å²) in [5, 5.41) is 4.27. The van der Waals surface area contributed by atoms with E-state index < -0.39 is 0 Å². The van der Waals surface area contributed by atoms with Gasteiger partial charge in [-0.05, 0) is 49.4 Å². The molecule has 108 valence electrons. The molecule has 1 atom stereocenters. The lowest BCUT2D eigenvalue weighted by atomic mass is 10.1. The zero-order valence-corrected chi connectivity index (χ0v) is 13.4. The molecular formula is C16H20ClNOS. The summed E-state index contributed by atoms with van der Waals surface area (Å²) in [4.78, 5) is 0. The molecule has 0 spiro atoms. The average Bonchev–Trinajstić information content (AvgIpc) is 2.87. The van der Waals surface area contributed by atoms with Crippen LogP contribution in [0.5, 0.6) is 0 Å². The second-order valence-corrected chi connectivity index (χ2v) is 6.22. The van der Waals surface area contributed by atoms with E-state index in [-0.39, 0.29) is 0 Å². The molecule has 0 aliphatic carbocycles. The van der Waals surface area contributed by atoms with Gasteiger partial charge in [0, 0.05) is 11.1 Å². The SMILES string of the molecule is CSCc1ccc(CNC(C)Cc2ccc(Cl)cc2)o1. The quantitative estimate of drug-likeness (QED) is 0.814. The summed E-state index contributed by atoms with van der Waals surface area (Å²) < 4.78 is 5.74. The Morgan fingerprint density at radius 1 is 1.15 bits per heavy atom. The van der Waals surface area contributed by atoms with Crippen molar-refractivity contribution < 1.29 is 4.42 Å². The van der Waals surface area contributed by atoms with E-state index in [0.29, 0.717) is 6.04 Å². The number of halogens is 1. The highest BCUT2D eigenvalue weighted by atomic mass is 35.5. The Bertz CT molecular complexity index is 524. The van der Waals surface area contributed by atoms with Gasteiger partial charge in [0.05, 0.1) is 12.3 Å². The third-order valence-corrected chi connectivity index (χ3v) is 3.91. The van der Waals surface area contributed by atoms with E-state index in [2.05, 4.69) is 36.7 Å². The third kappa shape index (κ3) is 4.89. The molecule has 20 heavy (non-hydrogen) atoms. The first-order chi connectivity index (χ1) is 9.67. The highest BCUT2D eigenvalue weighted by Crippen LogP contribution is 2.14. The Labute approximate surface area is 129 Å². The van der Waals surface area contributed by atoms with Crippen molar-refractivity contribution in [3.8, 4) is 0 Å². The predicted octanol–water partition coefficient (Wildman–Crippen LogP) is 4.52. The van der Waals surface area contributed by atoms with Crippen molar-refractivity contribution in [1.82, 2.24) is 5.32 Å². The van der Waals surface area contributed by atoms with Crippen LogP contribution in [-0.2, 0) is 18.7 Å². The van der Waals surface area contributed by atoms with Gasteiger partial charge in [-0.1, -0.05) is 23.7 Å². The molecule has 0 aliphatic heterocycles. The summed E-state index contributed by atoms with van der Waals surface area (Å²) in [6, 6.07) is 12.5. The first-order valence-corrected chi connectivity index (χ1v) is 8.49. The smallest absolute Gasteiger partial charge is 0.118 e. The molecule has 0 saturated carbocycles.